The average molecular weight is 424 g/mol. The van der Waals surface area contributed by atoms with Crippen molar-refractivity contribution < 1.29 is 19.1 Å². The van der Waals surface area contributed by atoms with Gasteiger partial charge < -0.3 is 4.74 Å². The number of likely N-dealkylation sites (tertiary alicyclic amines) is 1. The largest absolute Gasteiger partial charge is 0.465 e. The number of carbonyl (C=O) groups excluding carboxylic acids is 3. The Bertz CT molecular complexity index is 874. The summed E-state index contributed by atoms with van der Waals surface area (Å²) in [5.41, 5.74) is 1.74. The summed E-state index contributed by atoms with van der Waals surface area (Å²) in [7, 11) is 1.39. The smallest absolute Gasteiger partial charge is 0.337 e. The molecule has 0 spiro atoms. The van der Waals surface area contributed by atoms with E-state index in [9.17, 15) is 14.4 Å². The lowest BCUT2D eigenvalue weighted by atomic mass is 9.85. The number of hydrogen-bond donors (Lipinski definition) is 0. The quantitative estimate of drug-likeness (QED) is 0.391. The number of hydrogen-bond acceptors (Lipinski definition) is 6. The molecule has 7 heteroatoms. The number of fused-ring (bicyclic) bond motifs is 5. The van der Waals surface area contributed by atoms with Crippen molar-refractivity contribution in [3.63, 3.8) is 0 Å². The Hall–Kier alpha value is -2.51. The first-order valence-corrected chi connectivity index (χ1v) is 11.2. The highest BCUT2D eigenvalue weighted by Gasteiger charge is 2.59. The van der Waals surface area contributed by atoms with Crippen LogP contribution >= 0.6 is 0 Å². The van der Waals surface area contributed by atoms with Crippen molar-refractivity contribution in [2.24, 2.45) is 23.7 Å². The van der Waals surface area contributed by atoms with Gasteiger partial charge >= 0.3 is 5.97 Å². The van der Waals surface area contributed by atoms with Gasteiger partial charge in [0.25, 0.3) is 0 Å². The minimum Gasteiger partial charge on any atom is -0.465 e. The number of nitrogens with zero attached hydrogens (tertiary/aromatic N) is 3. The predicted molar refractivity (Wildman–Crippen MR) is 114 cm³/mol. The summed E-state index contributed by atoms with van der Waals surface area (Å²) >= 11 is 0. The third-order valence-electron chi connectivity index (χ3n) is 7.45. The van der Waals surface area contributed by atoms with Crippen LogP contribution in [0, 0.1) is 23.7 Å². The minimum absolute atomic E-state index is 0.0564. The van der Waals surface area contributed by atoms with Gasteiger partial charge in [0.2, 0.25) is 11.8 Å². The highest BCUT2D eigenvalue weighted by molar-refractivity contribution is 6.06. The number of methoxy groups -OCH3 is 1. The second-order valence-corrected chi connectivity index (χ2v) is 9.13. The molecular formula is C24H29N3O4. The molecule has 1 aromatic carbocycles. The highest BCUT2D eigenvalue weighted by Crippen LogP contribution is 2.52. The summed E-state index contributed by atoms with van der Waals surface area (Å²) in [4.78, 5) is 43.5. The van der Waals surface area contributed by atoms with Crippen LogP contribution in [0.3, 0.4) is 0 Å². The van der Waals surface area contributed by atoms with Crippen molar-refractivity contribution in [1.82, 2.24) is 14.7 Å². The molecule has 7 nitrogen and oxygen atoms in total. The Morgan fingerprint density at radius 2 is 1.48 bits per heavy atom. The number of piperazine rings is 1. The summed E-state index contributed by atoms with van der Waals surface area (Å²) in [5, 5.41) is 0. The topological polar surface area (TPSA) is 70.2 Å². The van der Waals surface area contributed by atoms with Crippen LogP contribution in [0.1, 0.15) is 22.3 Å². The third-order valence-corrected chi connectivity index (χ3v) is 7.45. The Kier molecular flexibility index (Phi) is 5.40. The van der Waals surface area contributed by atoms with Crippen molar-refractivity contribution >= 4 is 17.8 Å². The van der Waals surface area contributed by atoms with Gasteiger partial charge in [0.1, 0.15) is 0 Å². The van der Waals surface area contributed by atoms with Gasteiger partial charge in [-0.15, -0.1) is 0 Å². The highest BCUT2D eigenvalue weighted by atomic mass is 16.5. The average Bonchev–Trinajstić information content (AvgIpc) is 3.48. The van der Waals surface area contributed by atoms with Crippen LogP contribution in [0.25, 0.3) is 0 Å². The van der Waals surface area contributed by atoms with Gasteiger partial charge in [-0.25, -0.2) is 4.79 Å². The second kappa shape index (κ2) is 8.20. The van der Waals surface area contributed by atoms with E-state index in [0.29, 0.717) is 12.1 Å². The van der Waals surface area contributed by atoms with E-state index >= 15 is 0 Å². The first-order chi connectivity index (χ1) is 15.0. The number of allylic oxidation sites excluding steroid dienone is 2. The molecule has 1 aromatic rings. The standard InChI is InChI=1S/C24H29N3O4/c1-31-24(30)17-4-2-16(3-5-17)15-26-10-8-25(9-11-26)12-13-27-22(28)20-18-6-7-19(14-18)21(20)23(27)29/h2-7,18-21H,8-15H2,1H3/t18-,19-,20+,21+/m1/s1. The van der Waals surface area contributed by atoms with E-state index in [0.717, 1.165) is 45.7 Å². The molecular weight excluding hydrogens is 394 g/mol. The monoisotopic (exact) mass is 423 g/mol. The Balaban J connectivity index is 1.08. The normalized spacial score (nSPS) is 30.3. The molecule has 2 heterocycles. The fourth-order valence-electron chi connectivity index (χ4n) is 5.72. The molecule has 3 fully saturated rings. The molecule has 2 amide bonds. The summed E-state index contributed by atoms with van der Waals surface area (Å²) in [6, 6.07) is 7.56. The molecule has 2 bridgehead atoms. The van der Waals surface area contributed by atoms with Crippen molar-refractivity contribution in [2.75, 3.05) is 46.4 Å². The van der Waals surface area contributed by atoms with Crippen LogP contribution in [0.2, 0.25) is 0 Å². The molecule has 4 aliphatic rings. The second-order valence-electron chi connectivity index (χ2n) is 9.13. The third kappa shape index (κ3) is 3.70. The molecule has 31 heavy (non-hydrogen) atoms. The van der Waals surface area contributed by atoms with Gasteiger partial charge in [-0.1, -0.05) is 24.3 Å². The van der Waals surface area contributed by atoms with Crippen molar-refractivity contribution in [1.29, 1.82) is 0 Å². The molecule has 2 aliphatic carbocycles. The SMILES string of the molecule is COC(=O)c1ccc(CN2CCN(CCN3C(=O)[C@@H]4[C@@H](C3=O)[C@@H]3C=C[C@@H]4C3)CC2)cc1. The van der Waals surface area contributed by atoms with Crippen LogP contribution < -0.4 is 0 Å². The maximum atomic E-state index is 12.8. The maximum absolute atomic E-state index is 12.8. The molecule has 0 unspecified atom stereocenters. The molecule has 0 aromatic heterocycles. The first-order valence-electron chi connectivity index (χ1n) is 11.2. The van der Waals surface area contributed by atoms with Gasteiger partial charge in [0, 0.05) is 45.8 Å². The van der Waals surface area contributed by atoms with Gasteiger partial charge in [-0.05, 0) is 36.0 Å². The van der Waals surface area contributed by atoms with E-state index in [1.54, 1.807) is 12.1 Å². The van der Waals surface area contributed by atoms with Gasteiger partial charge in [-0.3, -0.25) is 24.3 Å². The number of amides is 2. The molecule has 164 valence electrons. The summed E-state index contributed by atoms with van der Waals surface area (Å²) in [6.45, 7) is 5.85. The van der Waals surface area contributed by atoms with Crippen LogP contribution in [0.4, 0.5) is 0 Å². The Morgan fingerprint density at radius 1 is 0.903 bits per heavy atom. The zero-order valence-electron chi connectivity index (χ0n) is 17.9. The zero-order chi connectivity index (χ0) is 21.5. The first kappa shape index (κ1) is 20.4. The van der Waals surface area contributed by atoms with Crippen LogP contribution in [0.15, 0.2) is 36.4 Å². The fourth-order valence-corrected chi connectivity index (χ4v) is 5.72. The molecule has 4 atom stereocenters. The van der Waals surface area contributed by atoms with Crippen LogP contribution in [0.5, 0.6) is 0 Å². The molecule has 5 rings (SSSR count). The summed E-state index contributed by atoms with van der Waals surface area (Å²) < 4.78 is 4.74. The summed E-state index contributed by atoms with van der Waals surface area (Å²) in [6.07, 6.45) is 5.26. The number of benzene rings is 1. The van der Waals surface area contributed by atoms with Crippen molar-refractivity contribution in [3.05, 3.63) is 47.5 Å². The number of imide groups is 1. The number of esters is 1. The Morgan fingerprint density at radius 3 is 2.06 bits per heavy atom. The van der Waals surface area contributed by atoms with Crippen molar-refractivity contribution in [2.45, 2.75) is 13.0 Å². The number of carbonyl (C=O) groups is 3. The molecule has 2 saturated heterocycles. The number of ether oxygens (including phenoxy) is 1. The van der Waals surface area contributed by atoms with E-state index in [2.05, 4.69) is 22.0 Å². The molecule has 0 N–H and O–H groups in total. The fraction of sp³-hybridized carbons (Fsp3) is 0.542. The van der Waals surface area contributed by atoms with E-state index in [1.165, 1.54) is 17.6 Å². The van der Waals surface area contributed by atoms with E-state index < -0.39 is 0 Å². The van der Waals surface area contributed by atoms with Gasteiger partial charge in [0.15, 0.2) is 0 Å². The zero-order valence-corrected chi connectivity index (χ0v) is 17.9. The lowest BCUT2D eigenvalue weighted by Gasteiger charge is -2.35. The lowest BCUT2D eigenvalue weighted by molar-refractivity contribution is -0.141. The number of rotatable bonds is 6. The minimum atomic E-state index is -0.317. The van der Waals surface area contributed by atoms with E-state index in [-0.39, 0.29) is 41.5 Å². The van der Waals surface area contributed by atoms with Crippen LogP contribution in [-0.2, 0) is 20.9 Å². The van der Waals surface area contributed by atoms with E-state index in [1.807, 2.05) is 12.1 Å². The van der Waals surface area contributed by atoms with Crippen molar-refractivity contribution in [3.8, 4) is 0 Å². The molecule has 0 radical (unpaired) electrons. The molecule has 2 aliphatic heterocycles. The van der Waals surface area contributed by atoms with Gasteiger partial charge in [0.05, 0.1) is 24.5 Å². The van der Waals surface area contributed by atoms with Crippen LogP contribution in [-0.4, -0.2) is 78.9 Å². The van der Waals surface area contributed by atoms with E-state index in [4.69, 9.17) is 4.74 Å². The summed E-state index contributed by atoms with van der Waals surface area (Å²) in [5.74, 6) is 0.169. The lowest BCUT2D eigenvalue weighted by Crippen LogP contribution is -2.48. The Labute approximate surface area is 182 Å². The maximum Gasteiger partial charge on any atom is 0.337 e. The predicted octanol–water partition coefficient (Wildman–Crippen LogP) is 1.40. The van der Waals surface area contributed by atoms with Gasteiger partial charge in [-0.2, -0.15) is 0 Å². The molecule has 1 saturated carbocycles.